The van der Waals surface area contributed by atoms with Crippen molar-refractivity contribution in [1.29, 1.82) is 0 Å². The molecule has 3 rings (SSSR count). The molecule has 144 valence electrons. The molecule has 28 heavy (non-hydrogen) atoms. The molecule has 0 saturated heterocycles. The summed E-state index contributed by atoms with van der Waals surface area (Å²) in [4.78, 5) is 27.1. The molecule has 0 atom stereocenters. The molecule has 0 bridgehead atoms. The lowest BCUT2D eigenvalue weighted by Crippen LogP contribution is -2.33. The van der Waals surface area contributed by atoms with E-state index in [2.05, 4.69) is 5.10 Å². The molecular weight excluding hydrogens is 361 g/mol. The molecule has 0 radical (unpaired) electrons. The Kier molecular flexibility index (Phi) is 5.84. The lowest BCUT2D eigenvalue weighted by Gasteiger charge is -2.22. The van der Waals surface area contributed by atoms with E-state index in [-0.39, 0.29) is 17.4 Å². The van der Waals surface area contributed by atoms with Gasteiger partial charge in [0.2, 0.25) is 0 Å². The van der Waals surface area contributed by atoms with E-state index < -0.39 is 11.4 Å². The van der Waals surface area contributed by atoms with Crippen molar-refractivity contribution in [3.8, 4) is 11.4 Å². The highest BCUT2D eigenvalue weighted by Crippen LogP contribution is 2.18. The Morgan fingerprint density at radius 2 is 1.82 bits per heavy atom. The minimum absolute atomic E-state index is 0.0178. The maximum Gasteiger partial charge on any atom is 0.278 e. The monoisotopic (exact) mass is 381 g/mol. The van der Waals surface area contributed by atoms with Gasteiger partial charge in [-0.3, -0.25) is 9.59 Å². The largest absolute Gasteiger partial charge is 0.494 e. The van der Waals surface area contributed by atoms with Crippen LogP contribution >= 0.6 is 0 Å². The van der Waals surface area contributed by atoms with Crippen molar-refractivity contribution in [2.75, 3.05) is 13.7 Å². The summed E-state index contributed by atoms with van der Waals surface area (Å²) in [5, 5.41) is 4.22. The average molecular weight is 381 g/mol. The lowest BCUT2D eigenvalue weighted by molar-refractivity contribution is 0.0740. The van der Waals surface area contributed by atoms with Crippen LogP contribution in [0.2, 0.25) is 0 Å². The molecule has 0 fully saturated rings. The number of halogens is 1. The summed E-state index contributed by atoms with van der Waals surface area (Å²) < 4.78 is 19.5. The SMILES string of the molecule is CCN(Cc1ccccc1)C(=O)c1nn(-c2ccc(F)cc2)c(=O)cc1OC. The highest BCUT2D eigenvalue weighted by atomic mass is 19.1. The minimum atomic E-state index is -0.480. The third-order valence-electron chi connectivity index (χ3n) is 4.28. The third-order valence-corrected chi connectivity index (χ3v) is 4.28. The molecule has 0 saturated carbocycles. The van der Waals surface area contributed by atoms with Crippen LogP contribution in [0, 0.1) is 5.82 Å². The minimum Gasteiger partial charge on any atom is -0.494 e. The fraction of sp³-hybridized carbons (Fsp3) is 0.190. The maximum absolute atomic E-state index is 13.2. The highest BCUT2D eigenvalue weighted by Gasteiger charge is 2.23. The third kappa shape index (κ3) is 4.09. The van der Waals surface area contributed by atoms with Gasteiger partial charge in [0.15, 0.2) is 11.4 Å². The van der Waals surface area contributed by atoms with Crippen LogP contribution in [0.5, 0.6) is 5.75 Å². The fourth-order valence-electron chi connectivity index (χ4n) is 2.79. The van der Waals surface area contributed by atoms with Crippen LogP contribution in [0.3, 0.4) is 0 Å². The van der Waals surface area contributed by atoms with E-state index in [1.807, 2.05) is 37.3 Å². The van der Waals surface area contributed by atoms with Crippen LogP contribution in [0.25, 0.3) is 5.69 Å². The molecule has 7 heteroatoms. The van der Waals surface area contributed by atoms with Crippen molar-refractivity contribution in [2.45, 2.75) is 13.5 Å². The number of aromatic nitrogens is 2. The number of amides is 1. The predicted molar refractivity (Wildman–Crippen MR) is 103 cm³/mol. The topological polar surface area (TPSA) is 64.4 Å². The zero-order valence-electron chi connectivity index (χ0n) is 15.6. The summed E-state index contributed by atoms with van der Waals surface area (Å²) in [5.74, 6) is -0.694. The van der Waals surface area contributed by atoms with Gasteiger partial charge in [-0.15, -0.1) is 0 Å². The molecule has 2 aromatic carbocycles. The van der Waals surface area contributed by atoms with E-state index in [0.29, 0.717) is 18.8 Å². The summed E-state index contributed by atoms with van der Waals surface area (Å²) in [6.45, 7) is 2.72. The van der Waals surface area contributed by atoms with Crippen LogP contribution in [-0.2, 0) is 6.54 Å². The first kappa shape index (κ1) is 19.3. The van der Waals surface area contributed by atoms with Crippen LogP contribution in [0.1, 0.15) is 23.0 Å². The molecule has 0 N–H and O–H groups in total. The number of hydrogen-bond donors (Lipinski definition) is 0. The van der Waals surface area contributed by atoms with E-state index in [9.17, 15) is 14.0 Å². The van der Waals surface area contributed by atoms with E-state index in [1.54, 1.807) is 4.90 Å². The summed E-state index contributed by atoms with van der Waals surface area (Å²) >= 11 is 0. The first-order valence-corrected chi connectivity index (χ1v) is 8.81. The average Bonchev–Trinajstić information content (AvgIpc) is 2.72. The van der Waals surface area contributed by atoms with Crippen molar-refractivity contribution >= 4 is 5.91 Å². The first-order chi connectivity index (χ1) is 13.5. The van der Waals surface area contributed by atoms with Gasteiger partial charge >= 0.3 is 0 Å². The second-order valence-corrected chi connectivity index (χ2v) is 6.09. The highest BCUT2D eigenvalue weighted by molar-refractivity contribution is 5.94. The maximum atomic E-state index is 13.2. The number of carbonyl (C=O) groups excluding carboxylic acids is 1. The predicted octanol–water partition coefficient (Wildman–Crippen LogP) is 3.04. The molecule has 1 heterocycles. The van der Waals surface area contributed by atoms with Crippen molar-refractivity contribution in [2.24, 2.45) is 0 Å². The van der Waals surface area contributed by atoms with Gasteiger partial charge < -0.3 is 9.64 Å². The molecule has 0 unspecified atom stereocenters. The van der Waals surface area contributed by atoms with E-state index in [0.717, 1.165) is 10.2 Å². The molecule has 0 aliphatic carbocycles. The smallest absolute Gasteiger partial charge is 0.278 e. The quantitative estimate of drug-likeness (QED) is 0.658. The van der Waals surface area contributed by atoms with Gasteiger partial charge in [-0.1, -0.05) is 30.3 Å². The Hall–Kier alpha value is -3.48. The Balaban J connectivity index is 2.01. The molecule has 0 aliphatic heterocycles. The normalized spacial score (nSPS) is 10.5. The Morgan fingerprint density at radius 3 is 2.43 bits per heavy atom. The zero-order valence-corrected chi connectivity index (χ0v) is 15.6. The number of ether oxygens (including phenoxy) is 1. The van der Waals surface area contributed by atoms with Crippen molar-refractivity contribution in [3.05, 3.63) is 88.1 Å². The number of benzene rings is 2. The number of carbonyl (C=O) groups is 1. The van der Waals surface area contributed by atoms with Crippen molar-refractivity contribution in [1.82, 2.24) is 14.7 Å². The number of rotatable bonds is 6. The van der Waals surface area contributed by atoms with Gasteiger partial charge in [-0.2, -0.15) is 9.78 Å². The summed E-state index contributed by atoms with van der Waals surface area (Å²) in [6, 6.07) is 16.1. The van der Waals surface area contributed by atoms with Crippen LogP contribution in [-0.4, -0.2) is 34.2 Å². The zero-order chi connectivity index (χ0) is 20.1. The second-order valence-electron chi connectivity index (χ2n) is 6.09. The first-order valence-electron chi connectivity index (χ1n) is 8.81. The van der Waals surface area contributed by atoms with Gasteiger partial charge in [0.25, 0.3) is 11.5 Å². The molecule has 6 nitrogen and oxygen atoms in total. The van der Waals surface area contributed by atoms with E-state index >= 15 is 0 Å². The van der Waals surface area contributed by atoms with E-state index in [4.69, 9.17) is 4.74 Å². The van der Waals surface area contributed by atoms with Gasteiger partial charge in [-0.25, -0.2) is 4.39 Å². The van der Waals surface area contributed by atoms with Crippen LogP contribution in [0.4, 0.5) is 4.39 Å². The van der Waals surface area contributed by atoms with Gasteiger partial charge in [0.05, 0.1) is 18.9 Å². The van der Waals surface area contributed by atoms with Gasteiger partial charge in [-0.05, 0) is 36.8 Å². The molecule has 1 aromatic heterocycles. The molecule has 1 amide bonds. The molecule has 0 aliphatic rings. The Bertz CT molecular complexity index is 1020. The van der Waals surface area contributed by atoms with Crippen LogP contribution < -0.4 is 10.3 Å². The Labute approximate surface area is 161 Å². The lowest BCUT2D eigenvalue weighted by atomic mass is 10.2. The van der Waals surface area contributed by atoms with Crippen molar-refractivity contribution in [3.63, 3.8) is 0 Å². The molecular formula is C21H20FN3O3. The second kappa shape index (κ2) is 8.47. The van der Waals surface area contributed by atoms with Crippen LogP contribution in [0.15, 0.2) is 65.5 Å². The summed E-state index contributed by atoms with van der Waals surface area (Å²) in [5.41, 5.74) is 0.869. The summed E-state index contributed by atoms with van der Waals surface area (Å²) in [6.07, 6.45) is 0. The standard InChI is InChI=1S/C21H20FN3O3/c1-3-24(14-15-7-5-4-6-8-15)21(27)20-18(28-2)13-19(26)25(23-20)17-11-9-16(22)10-12-17/h4-13H,3,14H2,1-2H3. The van der Waals surface area contributed by atoms with Crippen molar-refractivity contribution < 1.29 is 13.9 Å². The number of methoxy groups -OCH3 is 1. The Morgan fingerprint density at radius 1 is 1.14 bits per heavy atom. The van der Waals surface area contributed by atoms with Gasteiger partial charge in [0.1, 0.15) is 5.82 Å². The molecule has 3 aromatic rings. The van der Waals surface area contributed by atoms with Gasteiger partial charge in [0, 0.05) is 13.1 Å². The summed E-state index contributed by atoms with van der Waals surface area (Å²) in [7, 11) is 1.38. The number of hydrogen-bond acceptors (Lipinski definition) is 4. The fourth-order valence-corrected chi connectivity index (χ4v) is 2.79. The number of nitrogens with zero attached hydrogens (tertiary/aromatic N) is 3. The van der Waals surface area contributed by atoms with E-state index in [1.165, 1.54) is 37.4 Å². The molecule has 0 spiro atoms.